The minimum atomic E-state index is -0.312. The van der Waals surface area contributed by atoms with Crippen molar-refractivity contribution in [3.05, 3.63) is 107 Å². The number of aromatic nitrogens is 5. The highest BCUT2D eigenvalue weighted by Gasteiger charge is 2.19. The lowest BCUT2D eigenvalue weighted by molar-refractivity contribution is -0.113. The van der Waals surface area contributed by atoms with Crippen LogP contribution in [0.4, 0.5) is 5.69 Å². The van der Waals surface area contributed by atoms with Crippen molar-refractivity contribution in [1.29, 1.82) is 0 Å². The number of hydrogen-bond acceptors (Lipinski definition) is 6. The van der Waals surface area contributed by atoms with Gasteiger partial charge in [0.2, 0.25) is 5.91 Å². The molecule has 0 aliphatic heterocycles. The number of ether oxygens (including phenoxy) is 1. The first-order chi connectivity index (χ1) is 19.0. The predicted molar refractivity (Wildman–Crippen MR) is 154 cm³/mol. The Labute approximate surface area is 229 Å². The Morgan fingerprint density at radius 1 is 1.05 bits per heavy atom. The summed E-state index contributed by atoms with van der Waals surface area (Å²) in [7, 11) is 1.79. The lowest BCUT2D eigenvalue weighted by Gasteiger charge is -2.11. The maximum absolute atomic E-state index is 13.1. The molecule has 0 unspecified atom stereocenters. The molecule has 0 bridgehead atoms. The van der Waals surface area contributed by atoms with Gasteiger partial charge in [-0.05, 0) is 30.5 Å². The van der Waals surface area contributed by atoms with Crippen LogP contribution >= 0.6 is 11.8 Å². The zero-order valence-corrected chi connectivity index (χ0v) is 22.5. The number of fused-ring (bicyclic) bond motifs is 1. The van der Waals surface area contributed by atoms with Crippen LogP contribution in [0.1, 0.15) is 11.5 Å². The number of anilines is 1. The molecular formula is C29H28N6O3S. The molecule has 1 N–H and O–H groups in total. The average Bonchev–Trinajstić information content (AvgIpc) is 3.43. The summed E-state index contributed by atoms with van der Waals surface area (Å²) in [5.41, 5.74) is 1.34. The summed E-state index contributed by atoms with van der Waals surface area (Å²) in [6.07, 6.45) is 1.74. The standard InChI is InChI=1S/C29H28N6O3S/c1-4-17-34-25(18-38-24-16-10-12-21-11-8-9-15-23(21)24)31-32-29(34)39-19-26(36)30-27-20(2)33(3)35(28(27)37)22-13-6-5-7-14-22/h4-16H,1,17-19H2,2-3H3,(H,30,36). The molecule has 5 aromatic rings. The van der Waals surface area contributed by atoms with Gasteiger partial charge < -0.3 is 10.1 Å². The normalized spacial score (nSPS) is 11.0. The monoisotopic (exact) mass is 540 g/mol. The van der Waals surface area contributed by atoms with Crippen molar-refractivity contribution in [3.63, 3.8) is 0 Å². The first-order valence-electron chi connectivity index (χ1n) is 12.4. The summed E-state index contributed by atoms with van der Waals surface area (Å²) in [5, 5.41) is 14.0. The number of nitrogens with one attached hydrogen (secondary N) is 1. The molecular weight excluding hydrogens is 512 g/mol. The van der Waals surface area contributed by atoms with E-state index in [1.54, 1.807) is 24.7 Å². The molecule has 0 radical (unpaired) electrons. The van der Waals surface area contributed by atoms with E-state index < -0.39 is 0 Å². The molecule has 9 nitrogen and oxygen atoms in total. The molecule has 0 atom stereocenters. The number of para-hydroxylation sites is 1. The molecule has 1 amide bonds. The highest BCUT2D eigenvalue weighted by atomic mass is 32.2. The molecule has 198 valence electrons. The summed E-state index contributed by atoms with van der Waals surface area (Å²) in [5.74, 6) is 1.12. The third kappa shape index (κ3) is 5.37. The highest BCUT2D eigenvalue weighted by molar-refractivity contribution is 7.99. The van der Waals surface area contributed by atoms with Gasteiger partial charge in [0.1, 0.15) is 18.0 Å². The van der Waals surface area contributed by atoms with Crippen molar-refractivity contribution in [1.82, 2.24) is 24.1 Å². The van der Waals surface area contributed by atoms with E-state index in [2.05, 4.69) is 22.1 Å². The first kappa shape index (κ1) is 26.1. The smallest absolute Gasteiger partial charge is 0.295 e. The fourth-order valence-electron chi connectivity index (χ4n) is 4.33. The highest BCUT2D eigenvalue weighted by Crippen LogP contribution is 2.26. The van der Waals surface area contributed by atoms with Crippen molar-refractivity contribution >= 4 is 34.1 Å². The van der Waals surface area contributed by atoms with Crippen molar-refractivity contribution in [2.24, 2.45) is 7.05 Å². The number of carbonyl (C=O) groups excluding carboxylic acids is 1. The maximum atomic E-state index is 13.1. The molecule has 10 heteroatoms. The van der Waals surface area contributed by atoms with Crippen LogP contribution in [0.25, 0.3) is 16.5 Å². The molecule has 5 rings (SSSR count). The number of nitrogens with zero attached hydrogens (tertiary/aromatic N) is 5. The largest absolute Gasteiger partial charge is 0.485 e. The molecule has 0 saturated carbocycles. The van der Waals surface area contributed by atoms with Crippen molar-refractivity contribution in [2.75, 3.05) is 11.1 Å². The molecule has 2 aromatic heterocycles. The fraction of sp³-hybridized carbons (Fsp3) is 0.172. The van der Waals surface area contributed by atoms with Gasteiger partial charge in [0.25, 0.3) is 5.56 Å². The molecule has 0 fully saturated rings. The Morgan fingerprint density at radius 3 is 2.59 bits per heavy atom. The quantitative estimate of drug-likeness (QED) is 0.203. The molecule has 0 saturated heterocycles. The average molecular weight is 541 g/mol. The SMILES string of the molecule is C=CCn1c(COc2cccc3ccccc23)nnc1SCC(=O)Nc1c(C)n(C)n(-c2ccccc2)c1=O. The van der Waals surface area contributed by atoms with Crippen molar-refractivity contribution in [3.8, 4) is 11.4 Å². The second-order valence-corrected chi connectivity index (χ2v) is 9.78. The zero-order valence-electron chi connectivity index (χ0n) is 21.7. The van der Waals surface area contributed by atoms with Crippen LogP contribution in [0.5, 0.6) is 5.75 Å². The second kappa shape index (κ2) is 11.4. The van der Waals surface area contributed by atoms with Crippen molar-refractivity contribution < 1.29 is 9.53 Å². The summed E-state index contributed by atoms with van der Waals surface area (Å²) >= 11 is 1.24. The Hall–Kier alpha value is -4.57. The van der Waals surface area contributed by atoms with Gasteiger partial charge in [0.05, 0.1) is 17.1 Å². The van der Waals surface area contributed by atoms with Gasteiger partial charge in [-0.2, -0.15) is 0 Å². The van der Waals surface area contributed by atoms with E-state index in [0.717, 1.165) is 22.2 Å². The second-order valence-electron chi connectivity index (χ2n) is 8.84. The number of amides is 1. The Kier molecular flexibility index (Phi) is 7.64. The van der Waals surface area contributed by atoms with Gasteiger partial charge in [-0.15, -0.1) is 16.8 Å². The number of hydrogen-bond donors (Lipinski definition) is 1. The van der Waals surface area contributed by atoms with E-state index in [1.807, 2.05) is 77.4 Å². The molecule has 0 aliphatic carbocycles. The van der Waals surface area contributed by atoms with Gasteiger partial charge in [-0.1, -0.05) is 72.4 Å². The van der Waals surface area contributed by atoms with E-state index in [-0.39, 0.29) is 29.5 Å². The van der Waals surface area contributed by atoms with Gasteiger partial charge >= 0.3 is 0 Å². The number of benzene rings is 3. The number of allylic oxidation sites excluding steroid dienone is 1. The first-order valence-corrected chi connectivity index (χ1v) is 13.4. The van der Waals surface area contributed by atoms with Gasteiger partial charge in [0.15, 0.2) is 11.0 Å². The van der Waals surface area contributed by atoms with Gasteiger partial charge in [0, 0.05) is 19.0 Å². The van der Waals surface area contributed by atoms with E-state index in [4.69, 9.17) is 4.74 Å². The Bertz CT molecular complexity index is 1700. The molecule has 0 spiro atoms. The number of carbonyl (C=O) groups is 1. The lowest BCUT2D eigenvalue weighted by atomic mass is 10.1. The molecule has 39 heavy (non-hydrogen) atoms. The van der Waals surface area contributed by atoms with Gasteiger partial charge in [-0.3, -0.25) is 18.8 Å². The molecule has 3 aromatic carbocycles. The summed E-state index contributed by atoms with van der Waals surface area (Å²) in [6, 6.07) is 23.2. The van der Waals surface area contributed by atoms with Crippen LogP contribution in [-0.4, -0.2) is 35.8 Å². The third-order valence-corrected chi connectivity index (χ3v) is 7.33. The van der Waals surface area contributed by atoms with Crippen LogP contribution in [-0.2, 0) is 25.0 Å². The summed E-state index contributed by atoms with van der Waals surface area (Å²) < 4.78 is 11.2. The van der Waals surface area contributed by atoms with Gasteiger partial charge in [-0.25, -0.2) is 4.68 Å². The number of thioether (sulfide) groups is 1. The Balaban J connectivity index is 1.28. The van der Waals surface area contributed by atoms with Crippen LogP contribution in [0.3, 0.4) is 0 Å². The minimum Gasteiger partial charge on any atom is -0.485 e. The van der Waals surface area contributed by atoms with Crippen LogP contribution in [0, 0.1) is 6.92 Å². The van der Waals surface area contributed by atoms with E-state index in [9.17, 15) is 9.59 Å². The maximum Gasteiger partial charge on any atom is 0.295 e. The van der Waals surface area contributed by atoms with Crippen LogP contribution in [0.2, 0.25) is 0 Å². The van der Waals surface area contributed by atoms with Crippen LogP contribution < -0.4 is 15.6 Å². The number of rotatable bonds is 10. The topological polar surface area (TPSA) is 96.0 Å². The van der Waals surface area contributed by atoms with E-state index >= 15 is 0 Å². The summed E-state index contributed by atoms with van der Waals surface area (Å²) in [6.45, 7) is 6.31. The van der Waals surface area contributed by atoms with Crippen molar-refractivity contribution in [2.45, 2.75) is 25.2 Å². The Morgan fingerprint density at radius 2 is 1.79 bits per heavy atom. The van der Waals surface area contributed by atoms with E-state index in [0.29, 0.717) is 23.2 Å². The lowest BCUT2D eigenvalue weighted by Crippen LogP contribution is -2.23. The molecule has 2 heterocycles. The van der Waals surface area contributed by atoms with E-state index in [1.165, 1.54) is 16.4 Å². The predicted octanol–water partition coefficient (Wildman–Crippen LogP) is 4.72. The minimum absolute atomic E-state index is 0.0541. The zero-order chi connectivity index (χ0) is 27.4. The van der Waals surface area contributed by atoms with Crippen LogP contribution in [0.15, 0.2) is 95.4 Å². The third-order valence-electron chi connectivity index (χ3n) is 6.36. The summed E-state index contributed by atoms with van der Waals surface area (Å²) in [4.78, 5) is 26.0. The molecule has 0 aliphatic rings. The fourth-order valence-corrected chi connectivity index (χ4v) is 5.09.